The van der Waals surface area contributed by atoms with Crippen molar-refractivity contribution >= 4 is 26.1 Å². The van der Waals surface area contributed by atoms with Gasteiger partial charge in [0.25, 0.3) is 10.2 Å². The summed E-state index contributed by atoms with van der Waals surface area (Å²) in [5.41, 5.74) is 0. The molecule has 1 N–H and O–H groups in total. The summed E-state index contributed by atoms with van der Waals surface area (Å²) in [4.78, 5) is 0.214. The third kappa shape index (κ3) is 4.31. The molecule has 0 saturated carbocycles. The molecule has 1 atom stereocenters. The fourth-order valence-corrected chi connectivity index (χ4v) is 3.32. The number of halogens is 1. The minimum absolute atomic E-state index is 0.214. The van der Waals surface area contributed by atoms with Crippen molar-refractivity contribution in [3.05, 3.63) is 0 Å². The summed E-state index contributed by atoms with van der Waals surface area (Å²) in [6.45, 7) is 5.95. The Balaban J connectivity index is 2.44. The zero-order chi connectivity index (χ0) is 12.2. The van der Waals surface area contributed by atoms with Crippen molar-refractivity contribution in [1.82, 2.24) is 9.03 Å². The third-order valence-electron chi connectivity index (χ3n) is 3.01. The van der Waals surface area contributed by atoms with Gasteiger partial charge in [-0.05, 0) is 25.2 Å². The molecule has 0 aliphatic carbocycles. The monoisotopic (exact) mass is 312 g/mol. The molecule has 1 heterocycles. The van der Waals surface area contributed by atoms with Gasteiger partial charge in [0.15, 0.2) is 0 Å². The molecule has 96 valence electrons. The average Bonchev–Trinajstić information content (AvgIpc) is 2.26. The van der Waals surface area contributed by atoms with Crippen molar-refractivity contribution < 1.29 is 8.42 Å². The third-order valence-corrected chi connectivity index (χ3v) is 5.56. The summed E-state index contributed by atoms with van der Waals surface area (Å²) in [6, 6.07) is 0. The van der Waals surface area contributed by atoms with E-state index < -0.39 is 10.2 Å². The molecule has 1 fully saturated rings. The number of nitrogens with zero attached hydrogens (tertiary/aromatic N) is 1. The van der Waals surface area contributed by atoms with Crippen molar-refractivity contribution in [2.24, 2.45) is 5.92 Å². The van der Waals surface area contributed by atoms with Crippen LogP contribution in [0.15, 0.2) is 0 Å². The zero-order valence-electron chi connectivity index (χ0n) is 9.95. The van der Waals surface area contributed by atoms with Crippen LogP contribution in [0.4, 0.5) is 0 Å². The molecule has 1 aliphatic heterocycles. The Morgan fingerprint density at radius 1 is 1.44 bits per heavy atom. The second-order valence-corrected chi connectivity index (χ2v) is 7.49. The number of piperidine rings is 1. The molecule has 0 aromatic carbocycles. The topological polar surface area (TPSA) is 49.4 Å². The van der Waals surface area contributed by atoms with Gasteiger partial charge in [0.1, 0.15) is 0 Å². The maximum absolute atomic E-state index is 11.9. The van der Waals surface area contributed by atoms with Gasteiger partial charge in [0.2, 0.25) is 0 Å². The molecule has 0 aromatic heterocycles. The van der Waals surface area contributed by atoms with Crippen molar-refractivity contribution in [2.45, 2.75) is 37.9 Å². The standard InChI is InChI=1S/C10H21BrN2O2S/c1-3-10(11)8-12-16(14,15)13-6-4-9(2)5-7-13/h9-10,12H,3-8H2,1-2H3. The van der Waals surface area contributed by atoms with E-state index in [0.717, 1.165) is 19.3 Å². The van der Waals surface area contributed by atoms with Crippen molar-refractivity contribution in [3.63, 3.8) is 0 Å². The smallest absolute Gasteiger partial charge is 0.201 e. The fourth-order valence-electron chi connectivity index (χ4n) is 1.66. The van der Waals surface area contributed by atoms with Crippen LogP contribution in [0.3, 0.4) is 0 Å². The van der Waals surface area contributed by atoms with Crippen LogP contribution < -0.4 is 4.72 Å². The van der Waals surface area contributed by atoms with Crippen molar-refractivity contribution in [1.29, 1.82) is 0 Å². The van der Waals surface area contributed by atoms with Gasteiger partial charge >= 0.3 is 0 Å². The summed E-state index contributed by atoms with van der Waals surface area (Å²) in [6.07, 6.45) is 2.85. The van der Waals surface area contributed by atoms with E-state index >= 15 is 0 Å². The maximum atomic E-state index is 11.9. The number of hydrogen-bond acceptors (Lipinski definition) is 2. The van der Waals surface area contributed by atoms with Gasteiger partial charge in [-0.15, -0.1) is 0 Å². The van der Waals surface area contributed by atoms with Crippen LogP contribution in [-0.4, -0.2) is 37.2 Å². The zero-order valence-corrected chi connectivity index (χ0v) is 12.3. The lowest BCUT2D eigenvalue weighted by Crippen LogP contribution is -2.46. The van der Waals surface area contributed by atoms with Crippen LogP contribution in [0.1, 0.15) is 33.1 Å². The van der Waals surface area contributed by atoms with E-state index in [2.05, 4.69) is 27.6 Å². The predicted octanol–water partition coefficient (Wildman–Crippen LogP) is 1.73. The summed E-state index contributed by atoms with van der Waals surface area (Å²) in [5.74, 6) is 0.644. The Labute approximate surface area is 107 Å². The summed E-state index contributed by atoms with van der Waals surface area (Å²) in [7, 11) is -3.26. The van der Waals surface area contributed by atoms with Crippen LogP contribution in [-0.2, 0) is 10.2 Å². The largest absolute Gasteiger partial charge is 0.279 e. The lowest BCUT2D eigenvalue weighted by molar-refractivity contribution is 0.285. The number of nitrogens with one attached hydrogen (secondary N) is 1. The first kappa shape index (κ1) is 14.4. The Morgan fingerprint density at radius 2 is 2.00 bits per heavy atom. The quantitative estimate of drug-likeness (QED) is 0.786. The molecule has 0 spiro atoms. The molecule has 0 aromatic rings. The number of rotatable bonds is 5. The van der Waals surface area contributed by atoms with E-state index in [0.29, 0.717) is 25.6 Å². The second-order valence-electron chi connectivity index (χ2n) is 4.44. The minimum atomic E-state index is -3.26. The fraction of sp³-hybridized carbons (Fsp3) is 1.00. The molecule has 0 radical (unpaired) electrons. The highest BCUT2D eigenvalue weighted by Crippen LogP contribution is 2.18. The first-order chi connectivity index (χ1) is 7.45. The van der Waals surface area contributed by atoms with E-state index in [9.17, 15) is 8.42 Å². The van der Waals surface area contributed by atoms with Crippen LogP contribution >= 0.6 is 15.9 Å². The van der Waals surface area contributed by atoms with E-state index in [1.807, 2.05) is 6.92 Å². The minimum Gasteiger partial charge on any atom is -0.201 e. The summed E-state index contributed by atoms with van der Waals surface area (Å²) >= 11 is 3.42. The van der Waals surface area contributed by atoms with Gasteiger partial charge in [-0.2, -0.15) is 12.7 Å². The van der Waals surface area contributed by atoms with E-state index in [1.54, 1.807) is 4.31 Å². The van der Waals surface area contributed by atoms with Crippen LogP contribution in [0.2, 0.25) is 0 Å². The van der Waals surface area contributed by atoms with Gasteiger partial charge in [-0.25, -0.2) is 4.72 Å². The maximum Gasteiger partial charge on any atom is 0.279 e. The highest BCUT2D eigenvalue weighted by Gasteiger charge is 2.26. The molecule has 0 bridgehead atoms. The lowest BCUT2D eigenvalue weighted by atomic mass is 10.0. The second kappa shape index (κ2) is 6.33. The molecular formula is C10H21BrN2O2S. The first-order valence-electron chi connectivity index (χ1n) is 5.84. The van der Waals surface area contributed by atoms with Crippen molar-refractivity contribution in [3.8, 4) is 0 Å². The Bertz CT molecular complexity index is 300. The highest BCUT2D eigenvalue weighted by atomic mass is 79.9. The predicted molar refractivity (Wildman–Crippen MR) is 69.9 cm³/mol. The SMILES string of the molecule is CCC(Br)CNS(=O)(=O)N1CCC(C)CC1. The van der Waals surface area contributed by atoms with Gasteiger partial charge in [-0.1, -0.05) is 29.8 Å². The number of hydrogen-bond donors (Lipinski definition) is 1. The van der Waals surface area contributed by atoms with Crippen LogP contribution in [0.25, 0.3) is 0 Å². The van der Waals surface area contributed by atoms with Crippen LogP contribution in [0.5, 0.6) is 0 Å². The van der Waals surface area contributed by atoms with E-state index in [1.165, 1.54) is 0 Å². The molecule has 1 rings (SSSR count). The molecule has 1 unspecified atom stereocenters. The Hall–Kier alpha value is 0.350. The molecule has 16 heavy (non-hydrogen) atoms. The molecule has 4 nitrogen and oxygen atoms in total. The van der Waals surface area contributed by atoms with Crippen LogP contribution in [0, 0.1) is 5.92 Å². The molecule has 1 saturated heterocycles. The summed E-state index contributed by atoms with van der Waals surface area (Å²) < 4.78 is 28.0. The lowest BCUT2D eigenvalue weighted by Gasteiger charge is -2.29. The first-order valence-corrected chi connectivity index (χ1v) is 8.20. The molecular weight excluding hydrogens is 292 g/mol. The Morgan fingerprint density at radius 3 is 2.50 bits per heavy atom. The number of alkyl halides is 1. The highest BCUT2D eigenvalue weighted by molar-refractivity contribution is 9.09. The van der Waals surface area contributed by atoms with Gasteiger partial charge < -0.3 is 0 Å². The average molecular weight is 313 g/mol. The molecule has 0 amide bonds. The van der Waals surface area contributed by atoms with Gasteiger partial charge in [-0.3, -0.25) is 0 Å². The van der Waals surface area contributed by atoms with Crippen molar-refractivity contribution in [2.75, 3.05) is 19.6 Å². The Kier molecular flexibility index (Phi) is 5.70. The normalized spacial score (nSPS) is 22.2. The van der Waals surface area contributed by atoms with E-state index in [4.69, 9.17) is 0 Å². The van der Waals surface area contributed by atoms with E-state index in [-0.39, 0.29) is 4.83 Å². The van der Waals surface area contributed by atoms with Gasteiger partial charge in [0, 0.05) is 24.5 Å². The molecule has 6 heteroatoms. The summed E-state index contributed by atoms with van der Waals surface area (Å²) in [5, 5.41) is 0. The van der Waals surface area contributed by atoms with Gasteiger partial charge in [0.05, 0.1) is 0 Å². The molecule has 1 aliphatic rings.